The van der Waals surface area contributed by atoms with E-state index in [0.717, 1.165) is 18.5 Å². The number of rotatable bonds is 7. The van der Waals surface area contributed by atoms with Gasteiger partial charge in [-0.1, -0.05) is 61.9 Å². The van der Waals surface area contributed by atoms with Gasteiger partial charge in [0.15, 0.2) is 0 Å². The molecule has 3 heteroatoms. The molecule has 0 atom stereocenters. The van der Waals surface area contributed by atoms with Crippen molar-refractivity contribution in [3.8, 4) is 0 Å². The number of nitrogens with zero attached hydrogens (tertiary/aromatic N) is 1. The topological polar surface area (TPSA) is 32.3 Å². The molecule has 1 N–H and O–H groups in total. The summed E-state index contributed by atoms with van der Waals surface area (Å²) >= 11 is 0. The number of amides is 1. The number of carbonyl (C=O) groups is 1. The third-order valence-electron chi connectivity index (χ3n) is 5.23. The summed E-state index contributed by atoms with van der Waals surface area (Å²) in [6, 6.07) is 16.8. The molecule has 1 saturated heterocycles. The van der Waals surface area contributed by atoms with E-state index in [0.29, 0.717) is 13.0 Å². The summed E-state index contributed by atoms with van der Waals surface area (Å²) in [4.78, 5) is 14.8. The van der Waals surface area contributed by atoms with Crippen molar-refractivity contribution in [2.45, 2.75) is 52.1 Å². The van der Waals surface area contributed by atoms with Crippen LogP contribution in [0.1, 0.15) is 48.4 Å². The quantitative estimate of drug-likeness (QED) is 0.815. The first-order valence-corrected chi connectivity index (χ1v) is 9.88. The van der Waals surface area contributed by atoms with Gasteiger partial charge in [0.05, 0.1) is 6.42 Å². The summed E-state index contributed by atoms with van der Waals surface area (Å²) in [6.45, 7) is 6.12. The Balaban J connectivity index is 1.54. The molecular formula is C23H30N2O. The van der Waals surface area contributed by atoms with E-state index in [4.69, 9.17) is 0 Å². The van der Waals surface area contributed by atoms with Gasteiger partial charge in [0.1, 0.15) is 0 Å². The van der Waals surface area contributed by atoms with E-state index < -0.39 is 0 Å². The Bertz CT molecular complexity index is 702. The van der Waals surface area contributed by atoms with Crippen LogP contribution >= 0.6 is 0 Å². The molecule has 0 radical (unpaired) electrons. The fraction of sp³-hybridized carbons (Fsp3) is 0.435. The number of hydrogen-bond acceptors (Lipinski definition) is 2. The molecule has 1 heterocycles. The Morgan fingerprint density at radius 2 is 1.58 bits per heavy atom. The molecule has 0 aliphatic carbocycles. The lowest BCUT2D eigenvalue weighted by molar-refractivity contribution is -0.120. The van der Waals surface area contributed by atoms with Gasteiger partial charge in [-0.2, -0.15) is 0 Å². The van der Waals surface area contributed by atoms with Crippen LogP contribution in [0.25, 0.3) is 0 Å². The Morgan fingerprint density at radius 1 is 0.923 bits per heavy atom. The van der Waals surface area contributed by atoms with Crippen LogP contribution in [0.15, 0.2) is 48.5 Å². The Kier molecular flexibility index (Phi) is 6.84. The summed E-state index contributed by atoms with van der Waals surface area (Å²) in [7, 11) is 0. The molecule has 3 rings (SSSR count). The van der Waals surface area contributed by atoms with Gasteiger partial charge >= 0.3 is 0 Å². The maximum absolute atomic E-state index is 12.3. The minimum atomic E-state index is 0.0852. The molecule has 3 nitrogen and oxygen atoms in total. The predicted molar refractivity (Wildman–Crippen MR) is 107 cm³/mol. The number of nitrogens with one attached hydrogen (secondary N) is 1. The highest BCUT2D eigenvalue weighted by Crippen LogP contribution is 2.16. The molecule has 0 saturated carbocycles. The zero-order valence-corrected chi connectivity index (χ0v) is 15.8. The Hall–Kier alpha value is -2.13. The van der Waals surface area contributed by atoms with Gasteiger partial charge in [-0.05, 0) is 54.6 Å². The third-order valence-corrected chi connectivity index (χ3v) is 5.23. The highest BCUT2D eigenvalue weighted by atomic mass is 16.1. The summed E-state index contributed by atoms with van der Waals surface area (Å²) in [6.07, 6.45) is 5.43. The van der Waals surface area contributed by atoms with Crippen molar-refractivity contribution in [1.82, 2.24) is 10.2 Å². The standard InChI is InChI=1S/C23H30N2O/c1-2-19-10-12-20(13-11-19)16-23(26)24-17-21-8-4-5-9-22(21)18-25-14-6-3-7-15-25/h4-5,8-13H,2-3,6-7,14-18H2,1H3,(H,24,26). The average Bonchev–Trinajstić information content (AvgIpc) is 2.69. The molecule has 0 bridgehead atoms. The maximum Gasteiger partial charge on any atom is 0.224 e. The van der Waals surface area contributed by atoms with Crippen molar-refractivity contribution in [2.75, 3.05) is 13.1 Å². The second kappa shape index (κ2) is 9.54. The molecule has 2 aromatic carbocycles. The van der Waals surface area contributed by atoms with E-state index in [1.807, 2.05) is 0 Å². The fourth-order valence-corrected chi connectivity index (χ4v) is 3.58. The van der Waals surface area contributed by atoms with E-state index in [9.17, 15) is 4.79 Å². The average molecular weight is 351 g/mol. The smallest absolute Gasteiger partial charge is 0.224 e. The summed E-state index contributed by atoms with van der Waals surface area (Å²) in [5.41, 5.74) is 4.94. The molecule has 1 amide bonds. The Labute approximate surface area is 157 Å². The Morgan fingerprint density at radius 3 is 2.27 bits per heavy atom. The number of hydrogen-bond donors (Lipinski definition) is 1. The van der Waals surface area contributed by atoms with Crippen LogP contribution in [-0.4, -0.2) is 23.9 Å². The van der Waals surface area contributed by atoms with Crippen LogP contribution < -0.4 is 5.32 Å². The fourth-order valence-electron chi connectivity index (χ4n) is 3.58. The molecule has 1 fully saturated rings. The molecule has 0 aromatic heterocycles. The van der Waals surface area contributed by atoms with Crippen LogP contribution in [0.5, 0.6) is 0 Å². The zero-order chi connectivity index (χ0) is 18.2. The van der Waals surface area contributed by atoms with Crippen molar-refractivity contribution < 1.29 is 4.79 Å². The number of likely N-dealkylation sites (tertiary alicyclic amines) is 1. The molecular weight excluding hydrogens is 320 g/mol. The highest BCUT2D eigenvalue weighted by molar-refractivity contribution is 5.78. The monoisotopic (exact) mass is 350 g/mol. The molecule has 26 heavy (non-hydrogen) atoms. The molecule has 2 aromatic rings. The zero-order valence-electron chi connectivity index (χ0n) is 15.8. The normalized spacial score (nSPS) is 15.0. The van der Waals surface area contributed by atoms with Gasteiger partial charge in [-0.25, -0.2) is 0 Å². The van der Waals surface area contributed by atoms with Gasteiger partial charge in [-0.15, -0.1) is 0 Å². The number of piperidine rings is 1. The van der Waals surface area contributed by atoms with E-state index in [2.05, 4.69) is 65.7 Å². The second-order valence-electron chi connectivity index (χ2n) is 7.23. The largest absolute Gasteiger partial charge is 0.352 e. The van der Waals surface area contributed by atoms with Crippen LogP contribution in [0, 0.1) is 0 Å². The first kappa shape index (κ1) is 18.7. The van der Waals surface area contributed by atoms with E-state index in [1.165, 1.54) is 49.0 Å². The summed E-state index contributed by atoms with van der Waals surface area (Å²) in [5, 5.41) is 3.10. The van der Waals surface area contributed by atoms with Crippen molar-refractivity contribution in [3.63, 3.8) is 0 Å². The number of aryl methyl sites for hydroxylation is 1. The highest BCUT2D eigenvalue weighted by Gasteiger charge is 2.13. The minimum Gasteiger partial charge on any atom is -0.352 e. The van der Waals surface area contributed by atoms with E-state index in [-0.39, 0.29) is 5.91 Å². The SMILES string of the molecule is CCc1ccc(CC(=O)NCc2ccccc2CN2CCCCC2)cc1. The first-order valence-electron chi connectivity index (χ1n) is 9.88. The van der Waals surface area contributed by atoms with Crippen LogP contribution in [0.4, 0.5) is 0 Å². The van der Waals surface area contributed by atoms with Gasteiger partial charge in [0.25, 0.3) is 0 Å². The summed E-state index contributed by atoms with van der Waals surface area (Å²) < 4.78 is 0. The van der Waals surface area contributed by atoms with Gasteiger partial charge < -0.3 is 5.32 Å². The van der Waals surface area contributed by atoms with Gasteiger partial charge in [-0.3, -0.25) is 9.69 Å². The maximum atomic E-state index is 12.3. The number of carbonyl (C=O) groups excluding carboxylic acids is 1. The minimum absolute atomic E-state index is 0.0852. The van der Waals surface area contributed by atoms with Crippen molar-refractivity contribution in [1.29, 1.82) is 0 Å². The van der Waals surface area contributed by atoms with Crippen LogP contribution in [0.3, 0.4) is 0 Å². The van der Waals surface area contributed by atoms with Crippen molar-refractivity contribution in [3.05, 3.63) is 70.8 Å². The lowest BCUT2D eigenvalue weighted by Gasteiger charge is -2.27. The predicted octanol–water partition coefficient (Wildman–Crippen LogP) is 4.09. The van der Waals surface area contributed by atoms with Crippen molar-refractivity contribution >= 4 is 5.91 Å². The molecule has 0 unspecified atom stereocenters. The van der Waals surface area contributed by atoms with Gasteiger partial charge in [0, 0.05) is 13.1 Å². The van der Waals surface area contributed by atoms with E-state index >= 15 is 0 Å². The third kappa shape index (κ3) is 5.43. The lowest BCUT2D eigenvalue weighted by Crippen LogP contribution is -2.30. The molecule has 138 valence electrons. The number of benzene rings is 2. The first-order chi connectivity index (χ1) is 12.7. The summed E-state index contributed by atoms with van der Waals surface area (Å²) in [5.74, 6) is 0.0852. The molecule has 0 spiro atoms. The van der Waals surface area contributed by atoms with Gasteiger partial charge in [0.2, 0.25) is 5.91 Å². The second-order valence-corrected chi connectivity index (χ2v) is 7.23. The molecule has 1 aliphatic rings. The van der Waals surface area contributed by atoms with Crippen LogP contribution in [-0.2, 0) is 30.7 Å². The van der Waals surface area contributed by atoms with E-state index in [1.54, 1.807) is 0 Å². The van der Waals surface area contributed by atoms with Crippen LogP contribution in [0.2, 0.25) is 0 Å². The lowest BCUT2D eigenvalue weighted by atomic mass is 10.0. The molecule has 1 aliphatic heterocycles. The van der Waals surface area contributed by atoms with Crippen molar-refractivity contribution in [2.24, 2.45) is 0 Å².